The molecular formula is C16H17Cl2N3O4. The van der Waals surface area contributed by atoms with Gasteiger partial charge in [0.2, 0.25) is 13.1 Å². The van der Waals surface area contributed by atoms with E-state index in [4.69, 9.17) is 5.21 Å². The first-order chi connectivity index (χ1) is 11.1. The van der Waals surface area contributed by atoms with Crippen molar-refractivity contribution in [3.8, 4) is 0 Å². The SMILES string of the molecule is COC(=O)c1ccc[n+](CC(=O)C[n+]2cccc(/C=N/O)c2)c1.[Cl-].[Cl-]. The number of hydrogen-bond donors (Lipinski definition) is 1. The molecule has 0 fully saturated rings. The van der Waals surface area contributed by atoms with Crippen molar-refractivity contribution < 1.29 is 53.5 Å². The zero-order valence-corrected chi connectivity index (χ0v) is 14.9. The molecule has 0 spiro atoms. The van der Waals surface area contributed by atoms with Crippen molar-refractivity contribution in [1.29, 1.82) is 0 Å². The topological polar surface area (TPSA) is 83.7 Å². The molecule has 7 nitrogen and oxygen atoms in total. The van der Waals surface area contributed by atoms with Crippen molar-refractivity contribution in [1.82, 2.24) is 0 Å². The largest absolute Gasteiger partial charge is 1.00 e. The average molecular weight is 386 g/mol. The minimum atomic E-state index is -0.447. The van der Waals surface area contributed by atoms with Gasteiger partial charge in [-0.2, -0.15) is 9.13 Å². The van der Waals surface area contributed by atoms with Gasteiger partial charge in [0.05, 0.1) is 18.9 Å². The number of hydrogen-bond acceptors (Lipinski definition) is 5. The van der Waals surface area contributed by atoms with Crippen molar-refractivity contribution in [3.63, 3.8) is 0 Å². The molecular weight excluding hydrogens is 369 g/mol. The van der Waals surface area contributed by atoms with Gasteiger partial charge in [-0.3, -0.25) is 4.79 Å². The lowest BCUT2D eigenvalue weighted by atomic mass is 10.2. The Bertz CT molecular complexity index is 754. The van der Waals surface area contributed by atoms with Crippen LogP contribution in [0.5, 0.6) is 0 Å². The number of aromatic nitrogens is 2. The highest BCUT2D eigenvalue weighted by molar-refractivity contribution is 5.88. The molecule has 0 aromatic carbocycles. The van der Waals surface area contributed by atoms with E-state index in [0.717, 1.165) is 0 Å². The Hall–Kier alpha value is -2.51. The molecule has 2 heterocycles. The van der Waals surface area contributed by atoms with E-state index in [1.807, 2.05) is 0 Å². The lowest BCUT2D eigenvalue weighted by Gasteiger charge is -1.99. The fraction of sp³-hybridized carbons (Fsp3) is 0.188. The number of esters is 1. The van der Waals surface area contributed by atoms with Crippen LogP contribution in [0.25, 0.3) is 0 Å². The maximum Gasteiger partial charge on any atom is 0.343 e. The molecule has 0 amide bonds. The summed E-state index contributed by atoms with van der Waals surface area (Å²) >= 11 is 0. The maximum atomic E-state index is 12.2. The number of oxime groups is 1. The van der Waals surface area contributed by atoms with Crippen LogP contribution in [0.4, 0.5) is 0 Å². The van der Waals surface area contributed by atoms with Crippen LogP contribution < -0.4 is 33.9 Å². The molecule has 0 saturated heterocycles. The van der Waals surface area contributed by atoms with E-state index in [-0.39, 0.29) is 43.7 Å². The van der Waals surface area contributed by atoms with Crippen molar-refractivity contribution >= 4 is 18.0 Å². The van der Waals surface area contributed by atoms with Gasteiger partial charge in [0.15, 0.2) is 24.8 Å². The molecule has 0 unspecified atom stereocenters. The highest BCUT2D eigenvalue weighted by Crippen LogP contribution is 1.96. The van der Waals surface area contributed by atoms with Gasteiger partial charge in [0, 0.05) is 12.1 Å². The normalized spacial score (nSPS) is 9.80. The van der Waals surface area contributed by atoms with Crippen molar-refractivity contribution in [2.24, 2.45) is 5.16 Å². The summed E-state index contributed by atoms with van der Waals surface area (Å²) in [5.74, 6) is -0.489. The first-order valence-electron chi connectivity index (χ1n) is 6.88. The summed E-state index contributed by atoms with van der Waals surface area (Å²) in [7, 11) is 1.31. The third-order valence-electron chi connectivity index (χ3n) is 3.09. The number of rotatable bonds is 6. The molecule has 0 radical (unpaired) electrons. The Morgan fingerprint density at radius 3 is 2.32 bits per heavy atom. The molecule has 2 aromatic rings. The fourth-order valence-electron chi connectivity index (χ4n) is 2.10. The van der Waals surface area contributed by atoms with Crippen LogP contribution in [-0.4, -0.2) is 30.3 Å². The predicted molar refractivity (Wildman–Crippen MR) is 79.0 cm³/mol. The van der Waals surface area contributed by atoms with Crippen LogP contribution in [0, 0.1) is 0 Å². The number of carbonyl (C=O) groups is 2. The number of carbonyl (C=O) groups excluding carboxylic acids is 2. The zero-order valence-electron chi connectivity index (χ0n) is 13.4. The van der Waals surface area contributed by atoms with E-state index in [1.54, 1.807) is 58.2 Å². The fourth-order valence-corrected chi connectivity index (χ4v) is 2.10. The predicted octanol–water partition coefficient (Wildman–Crippen LogP) is -5.87. The summed E-state index contributed by atoms with van der Waals surface area (Å²) in [6, 6.07) is 6.83. The minimum Gasteiger partial charge on any atom is -1.00 e. The Morgan fingerprint density at radius 2 is 1.72 bits per heavy atom. The van der Waals surface area contributed by atoms with Gasteiger partial charge in [-0.25, -0.2) is 4.79 Å². The van der Waals surface area contributed by atoms with Crippen LogP contribution in [0.2, 0.25) is 0 Å². The molecule has 2 rings (SSSR count). The van der Waals surface area contributed by atoms with E-state index in [2.05, 4.69) is 9.89 Å². The smallest absolute Gasteiger partial charge is 0.343 e. The summed E-state index contributed by atoms with van der Waals surface area (Å²) in [6.07, 6.45) is 8.03. The van der Waals surface area contributed by atoms with Gasteiger partial charge in [-0.15, -0.1) is 0 Å². The second kappa shape index (κ2) is 11.1. The van der Waals surface area contributed by atoms with E-state index >= 15 is 0 Å². The third-order valence-corrected chi connectivity index (χ3v) is 3.09. The molecule has 9 heteroatoms. The van der Waals surface area contributed by atoms with Gasteiger partial charge < -0.3 is 34.8 Å². The van der Waals surface area contributed by atoms with E-state index < -0.39 is 5.97 Å². The summed E-state index contributed by atoms with van der Waals surface area (Å²) in [5, 5.41) is 11.5. The van der Waals surface area contributed by atoms with E-state index in [0.29, 0.717) is 11.1 Å². The number of nitrogens with zero attached hydrogens (tertiary/aromatic N) is 3. The standard InChI is InChI=1S/C16H16N3O4.2ClH/c1-23-16(21)14-5-3-7-19(10-14)12-15(20)11-18-6-2-4-13(9-18)8-17-22;;/h2-10H,11-12H2,1H3;2*1H/q+1;;/p-1/b17-8+;;. The number of Topliss-reactive ketones (excluding diaryl/α,β-unsaturated/α-hetero) is 1. The van der Waals surface area contributed by atoms with Gasteiger partial charge in [0.25, 0.3) is 5.78 Å². The highest BCUT2D eigenvalue weighted by atomic mass is 35.5. The van der Waals surface area contributed by atoms with Crippen LogP contribution >= 0.6 is 0 Å². The van der Waals surface area contributed by atoms with Crippen LogP contribution in [0.3, 0.4) is 0 Å². The van der Waals surface area contributed by atoms with Crippen LogP contribution in [0.15, 0.2) is 54.2 Å². The number of ether oxygens (including phenoxy) is 1. The molecule has 0 aliphatic rings. The molecule has 0 bridgehead atoms. The van der Waals surface area contributed by atoms with E-state index in [9.17, 15) is 9.59 Å². The Labute approximate surface area is 157 Å². The lowest BCUT2D eigenvalue weighted by molar-refractivity contribution is -0.702. The lowest BCUT2D eigenvalue weighted by Crippen LogP contribution is -3.00. The second-order valence-electron chi connectivity index (χ2n) is 4.85. The highest BCUT2D eigenvalue weighted by Gasteiger charge is 2.17. The maximum absolute atomic E-state index is 12.2. The zero-order chi connectivity index (χ0) is 16.7. The first kappa shape index (κ1) is 22.5. The second-order valence-corrected chi connectivity index (χ2v) is 4.85. The molecule has 0 aliphatic carbocycles. The number of ketones is 1. The van der Waals surface area contributed by atoms with Crippen LogP contribution in [0.1, 0.15) is 15.9 Å². The van der Waals surface area contributed by atoms with Crippen molar-refractivity contribution in [3.05, 3.63) is 60.2 Å². The molecule has 1 N–H and O–H groups in total. The van der Waals surface area contributed by atoms with Crippen molar-refractivity contribution in [2.75, 3.05) is 7.11 Å². The van der Waals surface area contributed by atoms with Gasteiger partial charge in [-0.05, 0) is 12.1 Å². The summed E-state index contributed by atoms with van der Waals surface area (Å²) in [5.41, 5.74) is 1.07. The molecule has 0 atom stereocenters. The molecule has 134 valence electrons. The third kappa shape index (κ3) is 6.86. The first-order valence-corrected chi connectivity index (χ1v) is 6.88. The average Bonchev–Trinajstić information content (AvgIpc) is 2.55. The van der Waals surface area contributed by atoms with Gasteiger partial charge in [-0.1, -0.05) is 5.16 Å². The Kier molecular flexibility index (Phi) is 10.00. The summed E-state index contributed by atoms with van der Waals surface area (Å²) < 4.78 is 7.99. The molecule has 25 heavy (non-hydrogen) atoms. The van der Waals surface area contributed by atoms with Crippen LogP contribution in [-0.2, 0) is 22.6 Å². The summed E-state index contributed by atoms with van der Waals surface area (Å²) in [4.78, 5) is 23.6. The van der Waals surface area contributed by atoms with E-state index in [1.165, 1.54) is 13.3 Å². The Balaban J connectivity index is 0.00000288. The summed E-state index contributed by atoms with van der Waals surface area (Å²) in [6.45, 7) is 0.304. The molecule has 0 saturated carbocycles. The Morgan fingerprint density at radius 1 is 1.12 bits per heavy atom. The van der Waals surface area contributed by atoms with Gasteiger partial charge in [0.1, 0.15) is 5.56 Å². The van der Waals surface area contributed by atoms with Gasteiger partial charge >= 0.3 is 5.97 Å². The number of halogens is 2. The minimum absolute atomic E-state index is 0. The number of pyridine rings is 2. The monoisotopic (exact) mass is 385 g/mol. The molecule has 2 aromatic heterocycles. The molecule has 0 aliphatic heterocycles. The quantitative estimate of drug-likeness (QED) is 0.176. The van der Waals surface area contributed by atoms with Crippen molar-refractivity contribution in [2.45, 2.75) is 13.1 Å². The number of methoxy groups -OCH3 is 1.